The van der Waals surface area contributed by atoms with Crippen molar-refractivity contribution in [3.8, 4) is 17.6 Å². The molecule has 0 bridgehead atoms. The smallest absolute Gasteiger partial charge is 0.416 e. The Bertz CT molecular complexity index is 1230. The van der Waals surface area contributed by atoms with Crippen molar-refractivity contribution in [3.63, 3.8) is 0 Å². The summed E-state index contributed by atoms with van der Waals surface area (Å²) < 4.78 is 49.5. The van der Waals surface area contributed by atoms with E-state index in [1.807, 2.05) is 6.07 Å². The van der Waals surface area contributed by atoms with Crippen molar-refractivity contribution in [2.24, 2.45) is 5.10 Å². The Morgan fingerprint density at radius 1 is 1.09 bits per heavy atom. The van der Waals surface area contributed by atoms with E-state index in [1.54, 1.807) is 36.4 Å². The highest BCUT2D eigenvalue weighted by atomic mass is 19.4. The average molecular weight is 467 g/mol. The van der Waals surface area contributed by atoms with Crippen LogP contribution in [-0.4, -0.2) is 19.2 Å². The van der Waals surface area contributed by atoms with Gasteiger partial charge < -0.3 is 9.47 Å². The second-order valence-corrected chi connectivity index (χ2v) is 7.14. The number of carbonyl (C=O) groups is 1. The van der Waals surface area contributed by atoms with E-state index in [-0.39, 0.29) is 18.6 Å². The van der Waals surface area contributed by atoms with E-state index in [0.29, 0.717) is 22.6 Å². The summed E-state index contributed by atoms with van der Waals surface area (Å²) in [7, 11) is 1.48. The van der Waals surface area contributed by atoms with Crippen molar-refractivity contribution in [3.05, 3.63) is 94.5 Å². The summed E-state index contributed by atoms with van der Waals surface area (Å²) in [6, 6.07) is 18.8. The number of hydrogen-bond acceptors (Lipinski definition) is 5. The quantitative estimate of drug-likeness (QED) is 0.379. The highest BCUT2D eigenvalue weighted by molar-refractivity contribution is 5.84. The molecule has 0 aliphatic rings. The first-order chi connectivity index (χ1) is 16.3. The predicted octanol–water partition coefficient (Wildman–Crippen LogP) is 4.86. The lowest BCUT2D eigenvalue weighted by Crippen LogP contribution is -2.20. The summed E-state index contributed by atoms with van der Waals surface area (Å²) in [6.45, 7) is 0.180. The topological polar surface area (TPSA) is 83.7 Å². The number of rotatable bonds is 8. The van der Waals surface area contributed by atoms with Gasteiger partial charge in [0.05, 0.1) is 36.9 Å². The van der Waals surface area contributed by atoms with Crippen LogP contribution in [0.2, 0.25) is 0 Å². The van der Waals surface area contributed by atoms with Crippen LogP contribution >= 0.6 is 0 Å². The van der Waals surface area contributed by atoms with Crippen molar-refractivity contribution < 1.29 is 27.4 Å². The van der Waals surface area contributed by atoms with Gasteiger partial charge in [0.1, 0.15) is 6.61 Å². The van der Waals surface area contributed by atoms with Crippen LogP contribution in [0.25, 0.3) is 0 Å². The van der Waals surface area contributed by atoms with Gasteiger partial charge in [0.15, 0.2) is 11.5 Å². The third-order valence-corrected chi connectivity index (χ3v) is 4.73. The molecule has 9 heteroatoms. The SMILES string of the molecule is COc1cc(/C=N/NC(=O)Cc2cccc(C(F)(F)F)c2)ccc1OCc1ccccc1C#N. The van der Waals surface area contributed by atoms with Crippen molar-refractivity contribution in [2.75, 3.05) is 7.11 Å². The Labute approximate surface area is 194 Å². The van der Waals surface area contributed by atoms with Crippen LogP contribution in [0.1, 0.15) is 27.8 Å². The molecule has 3 rings (SSSR count). The average Bonchev–Trinajstić information content (AvgIpc) is 2.82. The van der Waals surface area contributed by atoms with Gasteiger partial charge in [0.25, 0.3) is 0 Å². The number of nitrogens with one attached hydrogen (secondary N) is 1. The molecule has 174 valence electrons. The van der Waals surface area contributed by atoms with Gasteiger partial charge in [0, 0.05) is 5.56 Å². The Morgan fingerprint density at radius 2 is 1.88 bits per heavy atom. The van der Waals surface area contributed by atoms with Gasteiger partial charge in [0.2, 0.25) is 5.91 Å². The Morgan fingerprint density at radius 3 is 2.62 bits per heavy atom. The molecule has 0 atom stereocenters. The largest absolute Gasteiger partial charge is 0.493 e. The molecule has 0 aliphatic carbocycles. The summed E-state index contributed by atoms with van der Waals surface area (Å²) >= 11 is 0. The lowest BCUT2D eigenvalue weighted by Gasteiger charge is -2.12. The molecule has 3 aromatic rings. The number of methoxy groups -OCH3 is 1. The maximum atomic E-state index is 12.8. The number of halogens is 3. The van der Waals surface area contributed by atoms with Crippen LogP contribution < -0.4 is 14.9 Å². The minimum absolute atomic E-state index is 0.180. The number of hydrazone groups is 1. The van der Waals surface area contributed by atoms with E-state index >= 15 is 0 Å². The Balaban J connectivity index is 1.60. The lowest BCUT2D eigenvalue weighted by molar-refractivity contribution is -0.137. The van der Waals surface area contributed by atoms with Gasteiger partial charge in [-0.25, -0.2) is 5.43 Å². The maximum absolute atomic E-state index is 12.8. The number of nitrogens with zero attached hydrogens (tertiary/aromatic N) is 2. The number of hydrogen-bond donors (Lipinski definition) is 1. The molecule has 0 saturated carbocycles. The Kier molecular flexibility index (Phi) is 7.88. The molecule has 0 unspecified atom stereocenters. The standard InChI is InChI=1S/C25H20F3N3O3/c1-33-23-12-18(9-10-22(23)34-16-20-7-3-2-6-19(20)14-29)15-30-31-24(32)13-17-5-4-8-21(11-17)25(26,27)28/h2-12,15H,13,16H2,1H3,(H,31,32)/b30-15+. The zero-order valence-electron chi connectivity index (χ0n) is 18.1. The first kappa shape index (κ1) is 24.3. The molecule has 0 aliphatic heterocycles. The van der Waals surface area contributed by atoms with Gasteiger partial charge in [-0.05, 0) is 41.5 Å². The highest BCUT2D eigenvalue weighted by Crippen LogP contribution is 2.30. The van der Waals surface area contributed by atoms with Gasteiger partial charge in [-0.3, -0.25) is 4.79 Å². The van der Waals surface area contributed by atoms with Gasteiger partial charge in [-0.1, -0.05) is 36.4 Å². The molecular formula is C25H20F3N3O3. The number of nitriles is 1. The van der Waals surface area contributed by atoms with E-state index in [4.69, 9.17) is 9.47 Å². The number of ether oxygens (including phenoxy) is 2. The van der Waals surface area contributed by atoms with Crippen molar-refractivity contribution >= 4 is 12.1 Å². The number of benzene rings is 3. The Hall–Kier alpha value is -4.32. The van der Waals surface area contributed by atoms with Crippen molar-refractivity contribution in [2.45, 2.75) is 19.2 Å². The normalized spacial score (nSPS) is 11.1. The molecule has 0 saturated heterocycles. The third-order valence-electron chi connectivity index (χ3n) is 4.73. The second-order valence-electron chi connectivity index (χ2n) is 7.14. The maximum Gasteiger partial charge on any atom is 0.416 e. The van der Waals surface area contributed by atoms with Crippen molar-refractivity contribution in [1.82, 2.24) is 5.43 Å². The first-order valence-corrected chi connectivity index (χ1v) is 10.1. The van der Waals surface area contributed by atoms with Crippen LogP contribution in [0.15, 0.2) is 71.8 Å². The van der Waals surface area contributed by atoms with Crippen LogP contribution in [0.5, 0.6) is 11.5 Å². The van der Waals surface area contributed by atoms with E-state index in [1.165, 1.54) is 25.5 Å². The van der Waals surface area contributed by atoms with E-state index in [9.17, 15) is 23.2 Å². The lowest BCUT2D eigenvalue weighted by atomic mass is 10.1. The zero-order chi connectivity index (χ0) is 24.6. The van der Waals surface area contributed by atoms with Crippen LogP contribution in [-0.2, 0) is 24.0 Å². The summed E-state index contributed by atoms with van der Waals surface area (Å²) in [5.41, 5.74) is 3.56. The van der Waals surface area contributed by atoms with Crippen molar-refractivity contribution in [1.29, 1.82) is 5.26 Å². The van der Waals surface area contributed by atoms with E-state index in [2.05, 4.69) is 16.6 Å². The monoisotopic (exact) mass is 467 g/mol. The molecule has 0 aromatic heterocycles. The molecule has 1 N–H and O–H groups in total. The van der Waals surface area contributed by atoms with Gasteiger partial charge in [-0.2, -0.15) is 23.5 Å². The molecule has 0 spiro atoms. The van der Waals surface area contributed by atoms with Crippen LogP contribution in [0.4, 0.5) is 13.2 Å². The highest BCUT2D eigenvalue weighted by Gasteiger charge is 2.30. The molecule has 34 heavy (non-hydrogen) atoms. The van der Waals surface area contributed by atoms with Crippen LogP contribution in [0, 0.1) is 11.3 Å². The van der Waals surface area contributed by atoms with Gasteiger partial charge in [-0.15, -0.1) is 0 Å². The molecular weight excluding hydrogens is 447 g/mol. The molecule has 6 nitrogen and oxygen atoms in total. The first-order valence-electron chi connectivity index (χ1n) is 10.1. The predicted molar refractivity (Wildman–Crippen MR) is 119 cm³/mol. The molecule has 0 radical (unpaired) electrons. The third kappa shape index (κ3) is 6.59. The van der Waals surface area contributed by atoms with Gasteiger partial charge >= 0.3 is 6.18 Å². The molecule has 1 amide bonds. The fourth-order valence-electron chi connectivity index (χ4n) is 3.06. The zero-order valence-corrected chi connectivity index (χ0v) is 18.1. The molecule has 0 fully saturated rings. The van der Waals surface area contributed by atoms with Crippen LogP contribution in [0.3, 0.4) is 0 Å². The number of amides is 1. The summed E-state index contributed by atoms with van der Waals surface area (Å²) in [6.07, 6.45) is -3.35. The number of carbonyl (C=O) groups excluding carboxylic acids is 1. The molecule has 3 aromatic carbocycles. The minimum Gasteiger partial charge on any atom is -0.493 e. The second kappa shape index (κ2) is 11.0. The minimum atomic E-state index is -4.47. The molecule has 0 heterocycles. The van der Waals surface area contributed by atoms with E-state index in [0.717, 1.165) is 17.7 Å². The number of alkyl halides is 3. The fraction of sp³-hybridized carbons (Fsp3) is 0.160. The summed E-state index contributed by atoms with van der Waals surface area (Å²) in [4.78, 5) is 12.0. The summed E-state index contributed by atoms with van der Waals surface area (Å²) in [5.74, 6) is 0.327. The fourth-order valence-corrected chi connectivity index (χ4v) is 3.06. The van der Waals surface area contributed by atoms with E-state index < -0.39 is 17.6 Å². The summed E-state index contributed by atoms with van der Waals surface area (Å²) in [5, 5.41) is 13.0.